The Morgan fingerprint density at radius 1 is 1.71 bits per heavy atom. The minimum absolute atomic E-state index is 0.0227. The predicted octanol–water partition coefficient (Wildman–Crippen LogP) is 2.33. The van der Waals surface area contributed by atoms with Crippen molar-refractivity contribution < 1.29 is 10.0 Å². The molecule has 1 atom stereocenters. The first-order valence-electron chi connectivity index (χ1n) is 5.22. The summed E-state index contributed by atoms with van der Waals surface area (Å²) in [7, 11) is 0. The van der Waals surface area contributed by atoms with Crippen LogP contribution >= 0.6 is 15.9 Å². The lowest BCUT2D eigenvalue weighted by atomic mass is 10.2. The number of nitrogens with one attached hydrogen (secondary N) is 1. The van der Waals surface area contributed by atoms with Crippen molar-refractivity contribution in [3.05, 3.63) is 26.9 Å². The van der Waals surface area contributed by atoms with Gasteiger partial charge in [0.15, 0.2) is 0 Å². The summed E-state index contributed by atoms with van der Waals surface area (Å²) in [4.78, 5) is 14.3. The maximum absolute atomic E-state index is 10.8. The van der Waals surface area contributed by atoms with E-state index in [0.717, 1.165) is 6.42 Å². The number of nitrogens with zero attached hydrogens (tertiary/aromatic N) is 2. The van der Waals surface area contributed by atoms with Crippen LogP contribution in [0.3, 0.4) is 0 Å². The molecule has 94 valence electrons. The summed E-state index contributed by atoms with van der Waals surface area (Å²) in [5.74, 6) is 0.253. The van der Waals surface area contributed by atoms with Gasteiger partial charge in [-0.1, -0.05) is 0 Å². The van der Waals surface area contributed by atoms with Crippen LogP contribution in [0.2, 0.25) is 0 Å². The molecule has 0 saturated heterocycles. The topological polar surface area (TPSA) is 88.3 Å². The molecule has 1 aromatic heterocycles. The van der Waals surface area contributed by atoms with Crippen molar-refractivity contribution in [2.24, 2.45) is 0 Å². The molecule has 17 heavy (non-hydrogen) atoms. The van der Waals surface area contributed by atoms with Gasteiger partial charge in [-0.3, -0.25) is 10.1 Å². The molecule has 0 bridgehead atoms. The van der Waals surface area contributed by atoms with Gasteiger partial charge >= 0.3 is 5.69 Å². The van der Waals surface area contributed by atoms with Crippen LogP contribution < -0.4 is 5.32 Å². The molecule has 1 heterocycles. The third-order valence-electron chi connectivity index (χ3n) is 2.21. The number of hydrogen-bond acceptors (Lipinski definition) is 5. The van der Waals surface area contributed by atoms with Crippen molar-refractivity contribution in [1.29, 1.82) is 0 Å². The highest BCUT2D eigenvalue weighted by atomic mass is 79.9. The number of pyridine rings is 1. The first kappa shape index (κ1) is 13.9. The zero-order valence-corrected chi connectivity index (χ0v) is 11.0. The van der Waals surface area contributed by atoms with Gasteiger partial charge in [-0.15, -0.1) is 0 Å². The molecule has 6 nitrogen and oxygen atoms in total. The summed E-state index contributed by atoms with van der Waals surface area (Å²) in [5.41, 5.74) is -0.0600. The maximum atomic E-state index is 10.8. The van der Waals surface area contributed by atoms with Gasteiger partial charge in [0.05, 0.1) is 4.92 Å². The van der Waals surface area contributed by atoms with Crippen molar-refractivity contribution in [3.63, 3.8) is 0 Å². The van der Waals surface area contributed by atoms with E-state index < -0.39 is 4.92 Å². The summed E-state index contributed by atoms with van der Waals surface area (Å²) >= 11 is 3.14. The maximum Gasteiger partial charge on any atom is 0.312 e. The lowest BCUT2D eigenvalue weighted by Gasteiger charge is -2.13. The summed E-state index contributed by atoms with van der Waals surface area (Å²) < 4.78 is 0.567. The summed E-state index contributed by atoms with van der Waals surface area (Å²) in [6.07, 6.45) is 2.89. The molecular weight excluding hydrogens is 290 g/mol. The summed E-state index contributed by atoms with van der Waals surface area (Å²) in [6, 6.07) is 1.43. The number of nitro groups is 1. The molecule has 7 heteroatoms. The molecule has 0 amide bonds. The van der Waals surface area contributed by atoms with E-state index >= 15 is 0 Å². The molecule has 0 radical (unpaired) electrons. The van der Waals surface area contributed by atoms with Crippen LogP contribution in [0, 0.1) is 10.1 Å². The summed E-state index contributed by atoms with van der Waals surface area (Å²) in [6.45, 7) is 2.00. The number of hydrogen-bond donors (Lipinski definition) is 2. The van der Waals surface area contributed by atoms with Crippen LogP contribution in [0.4, 0.5) is 11.5 Å². The van der Waals surface area contributed by atoms with E-state index in [9.17, 15) is 10.1 Å². The van der Waals surface area contributed by atoms with Gasteiger partial charge in [0, 0.05) is 29.4 Å². The number of halogens is 1. The molecule has 1 aromatic rings. The Balaban J connectivity index is 2.79. The highest BCUT2D eigenvalue weighted by Gasteiger charge is 2.17. The monoisotopic (exact) mass is 303 g/mol. The van der Waals surface area contributed by atoms with Crippen LogP contribution in [0.5, 0.6) is 0 Å². The molecular formula is C10H14BrN3O3. The van der Waals surface area contributed by atoms with E-state index in [0.29, 0.717) is 10.9 Å². The molecule has 0 aliphatic carbocycles. The molecule has 0 aliphatic heterocycles. The highest BCUT2D eigenvalue weighted by Crippen LogP contribution is 2.26. The number of aliphatic hydroxyl groups excluding tert-OH is 1. The van der Waals surface area contributed by atoms with Crippen LogP contribution in [0.1, 0.15) is 19.8 Å². The van der Waals surface area contributed by atoms with Crippen molar-refractivity contribution in [1.82, 2.24) is 4.98 Å². The van der Waals surface area contributed by atoms with Crippen LogP contribution in [0.25, 0.3) is 0 Å². The van der Waals surface area contributed by atoms with Crippen molar-refractivity contribution in [2.45, 2.75) is 25.8 Å². The molecule has 2 N–H and O–H groups in total. The molecule has 0 aromatic carbocycles. The average Bonchev–Trinajstić information content (AvgIpc) is 2.28. The van der Waals surface area contributed by atoms with Crippen LogP contribution in [-0.2, 0) is 0 Å². The van der Waals surface area contributed by atoms with Gasteiger partial charge in [-0.2, -0.15) is 0 Å². The molecule has 1 rings (SSSR count). The highest BCUT2D eigenvalue weighted by molar-refractivity contribution is 9.10. The van der Waals surface area contributed by atoms with Crippen molar-refractivity contribution in [3.8, 4) is 0 Å². The second-order valence-electron chi connectivity index (χ2n) is 3.69. The van der Waals surface area contributed by atoms with E-state index in [4.69, 9.17) is 5.11 Å². The Labute approximate surface area is 107 Å². The van der Waals surface area contributed by atoms with Gasteiger partial charge in [0.2, 0.25) is 5.82 Å². The van der Waals surface area contributed by atoms with Crippen LogP contribution in [0.15, 0.2) is 16.7 Å². The third-order valence-corrected chi connectivity index (χ3v) is 2.64. The van der Waals surface area contributed by atoms with Gasteiger partial charge in [-0.05, 0) is 35.7 Å². The number of rotatable bonds is 6. The van der Waals surface area contributed by atoms with E-state index in [2.05, 4.69) is 26.2 Å². The third kappa shape index (κ3) is 4.27. The smallest absolute Gasteiger partial charge is 0.312 e. The average molecular weight is 304 g/mol. The van der Waals surface area contributed by atoms with Gasteiger partial charge < -0.3 is 10.4 Å². The largest absolute Gasteiger partial charge is 0.396 e. The first-order chi connectivity index (χ1) is 8.04. The Hall–Kier alpha value is -1.21. The Bertz CT molecular complexity index is 400. The Morgan fingerprint density at radius 2 is 2.41 bits per heavy atom. The quantitative estimate of drug-likeness (QED) is 0.622. The minimum atomic E-state index is -0.473. The van der Waals surface area contributed by atoms with Gasteiger partial charge in [-0.25, -0.2) is 4.98 Å². The van der Waals surface area contributed by atoms with E-state index in [-0.39, 0.29) is 24.2 Å². The molecule has 0 fully saturated rings. The van der Waals surface area contributed by atoms with Crippen molar-refractivity contribution in [2.75, 3.05) is 11.9 Å². The zero-order valence-electron chi connectivity index (χ0n) is 9.39. The van der Waals surface area contributed by atoms with E-state index in [1.165, 1.54) is 12.3 Å². The summed E-state index contributed by atoms with van der Waals surface area (Å²) in [5, 5.41) is 22.5. The number of aliphatic hydroxyl groups is 1. The second-order valence-corrected chi connectivity index (χ2v) is 4.61. The van der Waals surface area contributed by atoms with Gasteiger partial charge in [0.25, 0.3) is 0 Å². The lowest BCUT2D eigenvalue weighted by Crippen LogP contribution is -2.17. The van der Waals surface area contributed by atoms with Crippen LogP contribution in [-0.4, -0.2) is 27.7 Å². The standard InChI is InChI=1S/C10H14BrN3O3/c1-7(3-2-4-15)13-10-9(14(16)17)5-8(11)6-12-10/h5-7,15H,2-4H2,1H3,(H,12,13). The molecule has 0 aliphatic rings. The lowest BCUT2D eigenvalue weighted by molar-refractivity contribution is -0.384. The first-order valence-corrected chi connectivity index (χ1v) is 6.01. The van der Waals surface area contributed by atoms with E-state index in [1.54, 1.807) is 0 Å². The minimum Gasteiger partial charge on any atom is -0.396 e. The fourth-order valence-electron chi connectivity index (χ4n) is 1.38. The Morgan fingerprint density at radius 3 is 3.00 bits per heavy atom. The number of anilines is 1. The normalized spacial score (nSPS) is 12.2. The number of aromatic nitrogens is 1. The zero-order chi connectivity index (χ0) is 12.8. The van der Waals surface area contributed by atoms with Crippen molar-refractivity contribution >= 4 is 27.4 Å². The molecule has 0 spiro atoms. The Kier molecular flexibility index (Phi) is 5.30. The molecule has 0 saturated carbocycles. The fraction of sp³-hybridized carbons (Fsp3) is 0.500. The molecule has 1 unspecified atom stereocenters. The fourth-order valence-corrected chi connectivity index (χ4v) is 1.70. The van der Waals surface area contributed by atoms with E-state index in [1.807, 2.05) is 6.92 Å². The predicted molar refractivity (Wildman–Crippen MR) is 68.0 cm³/mol. The SMILES string of the molecule is CC(CCCO)Nc1ncc(Br)cc1[N+](=O)[O-]. The van der Waals surface area contributed by atoms with Gasteiger partial charge in [0.1, 0.15) is 0 Å². The second kappa shape index (κ2) is 6.51.